The molecule has 0 spiro atoms. The molecule has 0 bridgehead atoms. The minimum Gasteiger partial charge on any atom is -0.401 e. The van der Waals surface area contributed by atoms with Gasteiger partial charge in [0.2, 0.25) is 0 Å². The van der Waals surface area contributed by atoms with Crippen LogP contribution < -0.4 is 5.73 Å². The number of benzene rings is 1. The van der Waals surface area contributed by atoms with Crippen LogP contribution in [-0.2, 0) is 0 Å². The predicted molar refractivity (Wildman–Crippen MR) is 67.6 cm³/mol. The highest BCUT2D eigenvalue weighted by atomic mass is 32.2. The van der Waals surface area contributed by atoms with Gasteiger partial charge in [0.25, 0.3) is 0 Å². The van der Waals surface area contributed by atoms with E-state index in [4.69, 9.17) is 5.73 Å². The van der Waals surface area contributed by atoms with Crippen LogP contribution in [0.1, 0.15) is 5.56 Å². The SMILES string of the molecule is C=C1/C=C\C=C(\N)CSc2ccccc21. The molecule has 2 rings (SSSR count). The second-order valence-electron chi connectivity index (χ2n) is 3.41. The van der Waals surface area contributed by atoms with Crippen molar-refractivity contribution < 1.29 is 0 Å². The Kier molecular flexibility index (Phi) is 2.97. The summed E-state index contributed by atoms with van der Waals surface area (Å²) in [6, 6.07) is 8.28. The lowest BCUT2D eigenvalue weighted by molar-refractivity contribution is 1.32. The lowest BCUT2D eigenvalue weighted by atomic mass is 10.1. The van der Waals surface area contributed by atoms with Crippen LogP contribution in [0.25, 0.3) is 5.57 Å². The highest BCUT2D eigenvalue weighted by Crippen LogP contribution is 2.29. The van der Waals surface area contributed by atoms with Crippen LogP contribution in [0.5, 0.6) is 0 Å². The summed E-state index contributed by atoms with van der Waals surface area (Å²) in [7, 11) is 0. The Bertz CT molecular complexity index is 444. The Morgan fingerprint density at radius 1 is 1.27 bits per heavy atom. The van der Waals surface area contributed by atoms with Gasteiger partial charge in [0.05, 0.1) is 0 Å². The topological polar surface area (TPSA) is 26.0 Å². The van der Waals surface area contributed by atoms with E-state index in [-0.39, 0.29) is 0 Å². The molecule has 1 aromatic rings. The molecule has 1 aliphatic heterocycles. The molecule has 2 N–H and O–H groups in total. The Morgan fingerprint density at radius 3 is 2.93 bits per heavy atom. The zero-order chi connectivity index (χ0) is 10.7. The van der Waals surface area contributed by atoms with Gasteiger partial charge < -0.3 is 5.73 Å². The third kappa shape index (κ3) is 2.34. The molecule has 0 unspecified atom stereocenters. The van der Waals surface area contributed by atoms with E-state index in [2.05, 4.69) is 18.7 Å². The van der Waals surface area contributed by atoms with Crippen molar-refractivity contribution in [1.82, 2.24) is 0 Å². The van der Waals surface area contributed by atoms with E-state index in [1.165, 1.54) is 10.5 Å². The largest absolute Gasteiger partial charge is 0.401 e. The molecule has 0 radical (unpaired) electrons. The predicted octanol–water partition coefficient (Wildman–Crippen LogP) is 3.20. The smallest absolute Gasteiger partial charge is 0.0378 e. The van der Waals surface area contributed by atoms with Crippen molar-refractivity contribution >= 4 is 17.3 Å². The second-order valence-corrected chi connectivity index (χ2v) is 4.43. The van der Waals surface area contributed by atoms with Gasteiger partial charge in [-0.15, -0.1) is 11.8 Å². The minimum absolute atomic E-state index is 0.828. The fraction of sp³-hybridized carbons (Fsp3) is 0.0769. The maximum absolute atomic E-state index is 5.84. The number of hydrogen-bond donors (Lipinski definition) is 1. The van der Waals surface area contributed by atoms with Crippen LogP contribution >= 0.6 is 11.8 Å². The Labute approximate surface area is 94.4 Å². The molecule has 0 saturated heterocycles. The van der Waals surface area contributed by atoms with Gasteiger partial charge in [-0.3, -0.25) is 0 Å². The van der Waals surface area contributed by atoms with Crippen molar-refractivity contribution in [2.24, 2.45) is 5.73 Å². The zero-order valence-corrected chi connectivity index (χ0v) is 9.26. The maximum atomic E-state index is 5.84. The summed E-state index contributed by atoms with van der Waals surface area (Å²) >= 11 is 1.75. The van der Waals surface area contributed by atoms with E-state index in [1.54, 1.807) is 11.8 Å². The number of hydrogen-bond acceptors (Lipinski definition) is 2. The Hall–Kier alpha value is -1.41. The van der Waals surface area contributed by atoms with Gasteiger partial charge in [-0.1, -0.05) is 36.9 Å². The van der Waals surface area contributed by atoms with Crippen molar-refractivity contribution in [3.8, 4) is 0 Å². The fourth-order valence-electron chi connectivity index (χ4n) is 1.44. The van der Waals surface area contributed by atoms with Crippen LogP contribution in [-0.4, -0.2) is 5.75 Å². The third-order valence-corrected chi connectivity index (χ3v) is 3.38. The average Bonchev–Trinajstić information content (AvgIpc) is 2.32. The Morgan fingerprint density at radius 2 is 2.07 bits per heavy atom. The standard InChI is InChI=1S/C13H13NS/c1-10-5-4-6-11(14)9-15-13-8-3-2-7-12(10)13/h2-8H,1,9,14H2/b5-4-,11-6+. The molecule has 15 heavy (non-hydrogen) atoms. The number of thioether (sulfide) groups is 1. The third-order valence-electron chi connectivity index (χ3n) is 2.24. The van der Waals surface area contributed by atoms with Crippen LogP contribution in [0.3, 0.4) is 0 Å². The molecule has 1 aliphatic rings. The van der Waals surface area contributed by atoms with Gasteiger partial charge in [-0.05, 0) is 23.3 Å². The number of rotatable bonds is 0. The second kappa shape index (κ2) is 4.41. The van der Waals surface area contributed by atoms with Gasteiger partial charge in [-0.25, -0.2) is 0 Å². The van der Waals surface area contributed by atoms with E-state index in [0.717, 1.165) is 17.0 Å². The summed E-state index contributed by atoms with van der Waals surface area (Å²) in [4.78, 5) is 1.24. The molecule has 1 nitrogen and oxygen atoms in total. The van der Waals surface area contributed by atoms with Gasteiger partial charge in [0.1, 0.15) is 0 Å². The highest BCUT2D eigenvalue weighted by molar-refractivity contribution is 7.99. The molecule has 0 aliphatic carbocycles. The van der Waals surface area contributed by atoms with Crippen molar-refractivity contribution in [3.63, 3.8) is 0 Å². The van der Waals surface area contributed by atoms with Gasteiger partial charge in [0, 0.05) is 16.3 Å². The molecule has 2 heteroatoms. The first-order valence-corrected chi connectivity index (χ1v) is 5.80. The number of nitrogens with two attached hydrogens (primary N) is 1. The van der Waals surface area contributed by atoms with Gasteiger partial charge >= 0.3 is 0 Å². The van der Waals surface area contributed by atoms with Gasteiger partial charge in [-0.2, -0.15) is 0 Å². The van der Waals surface area contributed by atoms with Crippen molar-refractivity contribution in [2.75, 3.05) is 5.75 Å². The summed E-state index contributed by atoms with van der Waals surface area (Å²) in [6.07, 6.45) is 5.89. The monoisotopic (exact) mass is 215 g/mol. The number of allylic oxidation sites excluding steroid dienone is 4. The first-order valence-electron chi connectivity index (χ1n) is 4.81. The molecule has 0 atom stereocenters. The average molecular weight is 215 g/mol. The van der Waals surface area contributed by atoms with Crippen LogP contribution in [0.2, 0.25) is 0 Å². The van der Waals surface area contributed by atoms with E-state index in [0.29, 0.717) is 0 Å². The lowest BCUT2D eigenvalue weighted by Gasteiger charge is -2.07. The molecular formula is C13H13NS. The molecular weight excluding hydrogens is 202 g/mol. The normalized spacial score (nSPS) is 21.6. The highest BCUT2D eigenvalue weighted by Gasteiger charge is 2.05. The van der Waals surface area contributed by atoms with Crippen molar-refractivity contribution in [3.05, 3.63) is 60.3 Å². The van der Waals surface area contributed by atoms with Crippen LogP contribution in [0.4, 0.5) is 0 Å². The summed E-state index contributed by atoms with van der Waals surface area (Å²) < 4.78 is 0. The van der Waals surface area contributed by atoms with Crippen molar-refractivity contribution in [2.45, 2.75) is 4.90 Å². The van der Waals surface area contributed by atoms with E-state index < -0.39 is 0 Å². The first-order chi connectivity index (χ1) is 7.27. The Balaban J connectivity index is 2.44. The van der Waals surface area contributed by atoms with Crippen molar-refractivity contribution in [1.29, 1.82) is 0 Å². The molecule has 0 amide bonds. The molecule has 1 aromatic carbocycles. The lowest BCUT2D eigenvalue weighted by Crippen LogP contribution is -1.99. The maximum Gasteiger partial charge on any atom is 0.0378 e. The molecule has 0 aromatic heterocycles. The summed E-state index contributed by atoms with van der Waals surface area (Å²) in [6.45, 7) is 4.05. The summed E-state index contributed by atoms with van der Waals surface area (Å²) in [5.74, 6) is 0.828. The molecule has 1 heterocycles. The van der Waals surface area contributed by atoms with Crippen LogP contribution in [0.15, 0.2) is 59.7 Å². The van der Waals surface area contributed by atoms with Gasteiger partial charge in [0.15, 0.2) is 0 Å². The molecule has 0 fully saturated rings. The summed E-state index contributed by atoms with van der Waals surface area (Å²) in [5, 5.41) is 0. The summed E-state index contributed by atoms with van der Waals surface area (Å²) in [5.41, 5.74) is 8.95. The first kappa shape index (κ1) is 10.1. The quantitative estimate of drug-likeness (QED) is 0.719. The van der Waals surface area contributed by atoms with E-state index in [1.807, 2.05) is 30.4 Å². The van der Waals surface area contributed by atoms with E-state index in [9.17, 15) is 0 Å². The number of fused-ring (bicyclic) bond motifs is 1. The molecule has 0 saturated carbocycles. The zero-order valence-electron chi connectivity index (χ0n) is 8.44. The van der Waals surface area contributed by atoms with Crippen LogP contribution in [0, 0.1) is 0 Å². The fourth-order valence-corrected chi connectivity index (χ4v) is 2.39. The molecule has 76 valence electrons. The van der Waals surface area contributed by atoms with E-state index >= 15 is 0 Å². The minimum atomic E-state index is 0.828.